The Labute approximate surface area is 121 Å². The molecule has 8 heteroatoms. The predicted molar refractivity (Wildman–Crippen MR) is 68.0 cm³/mol. The van der Waals surface area contributed by atoms with Crippen LogP contribution in [-0.4, -0.2) is 27.5 Å². The molecule has 1 aromatic rings. The highest BCUT2D eigenvalue weighted by Gasteiger charge is 2.40. The summed E-state index contributed by atoms with van der Waals surface area (Å²) in [5, 5.41) is 0. The average molecular weight is 324 g/mol. The number of aryl methyl sites for hydroxylation is 1. The summed E-state index contributed by atoms with van der Waals surface area (Å²) < 4.78 is 68.2. The third-order valence-corrected chi connectivity index (χ3v) is 4.56. The highest BCUT2D eigenvalue weighted by Crippen LogP contribution is 2.35. The van der Waals surface area contributed by atoms with Crippen molar-refractivity contribution in [3.8, 4) is 0 Å². The van der Waals surface area contributed by atoms with E-state index < -0.39 is 22.6 Å². The molecule has 118 valence electrons. The first-order chi connectivity index (χ1) is 9.66. The van der Waals surface area contributed by atoms with Crippen LogP contribution in [0.25, 0.3) is 0 Å². The van der Waals surface area contributed by atoms with Gasteiger partial charge in [-0.05, 0) is 37.8 Å². The zero-order valence-corrected chi connectivity index (χ0v) is 12.1. The minimum Gasteiger partial charge on any atom is -0.289 e. The number of hydrogen-bond acceptors (Lipinski definition) is 4. The van der Waals surface area contributed by atoms with Gasteiger partial charge in [-0.25, -0.2) is 0 Å². The molecule has 0 bridgehead atoms. The fraction of sp³-hybridized carbons (Fsp3) is 0.538. The number of benzene rings is 1. The molecular weight excluding hydrogens is 309 g/mol. The molecule has 0 amide bonds. The quantitative estimate of drug-likeness (QED) is 0.781. The van der Waals surface area contributed by atoms with Crippen LogP contribution < -0.4 is 0 Å². The second kappa shape index (κ2) is 5.94. The lowest BCUT2D eigenvalue weighted by Gasteiger charge is -2.34. The van der Waals surface area contributed by atoms with E-state index in [1.807, 2.05) is 6.92 Å². The first-order valence-corrected chi connectivity index (χ1v) is 7.77. The highest BCUT2D eigenvalue weighted by atomic mass is 32.2. The van der Waals surface area contributed by atoms with Gasteiger partial charge in [0.05, 0.1) is 17.6 Å². The van der Waals surface area contributed by atoms with E-state index in [0.717, 1.165) is 5.56 Å². The Kier molecular flexibility index (Phi) is 4.60. The number of ether oxygens (including phenoxy) is 1. The SMILES string of the molecule is Cc1ccc(S(=O)(=O)OCC2CC(OC(F)(F)F)C2)cc1. The summed E-state index contributed by atoms with van der Waals surface area (Å²) in [4.78, 5) is 0.0375. The topological polar surface area (TPSA) is 52.6 Å². The van der Waals surface area contributed by atoms with Crippen LogP contribution in [0.4, 0.5) is 13.2 Å². The van der Waals surface area contributed by atoms with Crippen molar-refractivity contribution in [1.29, 1.82) is 0 Å². The van der Waals surface area contributed by atoms with Crippen LogP contribution in [-0.2, 0) is 19.0 Å². The lowest BCUT2D eigenvalue weighted by molar-refractivity contribution is -0.354. The molecule has 0 radical (unpaired) electrons. The van der Waals surface area contributed by atoms with Gasteiger partial charge in [-0.2, -0.15) is 8.42 Å². The van der Waals surface area contributed by atoms with Crippen LogP contribution in [0.15, 0.2) is 29.2 Å². The van der Waals surface area contributed by atoms with E-state index in [1.165, 1.54) is 12.1 Å². The van der Waals surface area contributed by atoms with E-state index in [9.17, 15) is 21.6 Å². The molecule has 4 nitrogen and oxygen atoms in total. The Morgan fingerprint density at radius 1 is 1.19 bits per heavy atom. The molecule has 1 aliphatic carbocycles. The third kappa shape index (κ3) is 4.69. The summed E-state index contributed by atoms with van der Waals surface area (Å²) in [6, 6.07) is 6.15. The molecule has 0 aromatic heterocycles. The van der Waals surface area contributed by atoms with Crippen LogP contribution in [0.2, 0.25) is 0 Å². The van der Waals surface area contributed by atoms with E-state index in [4.69, 9.17) is 4.18 Å². The van der Waals surface area contributed by atoms with Crippen LogP contribution in [0.3, 0.4) is 0 Å². The average Bonchev–Trinajstić information content (AvgIpc) is 2.31. The monoisotopic (exact) mass is 324 g/mol. The predicted octanol–water partition coefficient (Wildman–Crippen LogP) is 3.02. The van der Waals surface area contributed by atoms with Crippen molar-refractivity contribution in [2.45, 2.75) is 37.1 Å². The van der Waals surface area contributed by atoms with Gasteiger partial charge in [0.15, 0.2) is 0 Å². The van der Waals surface area contributed by atoms with Gasteiger partial charge in [-0.1, -0.05) is 17.7 Å². The Morgan fingerprint density at radius 3 is 2.29 bits per heavy atom. The Hall–Kier alpha value is -1.12. The number of rotatable bonds is 5. The summed E-state index contributed by atoms with van der Waals surface area (Å²) in [6.07, 6.45) is -5.27. The van der Waals surface area contributed by atoms with Gasteiger partial charge < -0.3 is 0 Å². The standard InChI is InChI=1S/C13H15F3O4S/c1-9-2-4-12(5-3-9)21(17,18)19-8-10-6-11(7-10)20-13(14,15)16/h2-5,10-11H,6-8H2,1H3. The molecule has 0 heterocycles. The summed E-state index contributed by atoms with van der Waals surface area (Å²) in [5.74, 6) is -0.238. The smallest absolute Gasteiger partial charge is 0.289 e. The van der Waals surface area contributed by atoms with Crippen molar-refractivity contribution >= 4 is 10.1 Å². The molecule has 0 aliphatic heterocycles. The summed E-state index contributed by atoms with van der Waals surface area (Å²) >= 11 is 0. The van der Waals surface area contributed by atoms with Gasteiger partial charge in [0.2, 0.25) is 0 Å². The van der Waals surface area contributed by atoms with Crippen LogP contribution in [0.1, 0.15) is 18.4 Å². The van der Waals surface area contributed by atoms with Gasteiger partial charge in [-0.15, -0.1) is 13.2 Å². The van der Waals surface area contributed by atoms with Crippen molar-refractivity contribution in [1.82, 2.24) is 0 Å². The molecule has 1 aromatic carbocycles. The van der Waals surface area contributed by atoms with E-state index in [-0.39, 0.29) is 30.3 Å². The molecule has 0 unspecified atom stereocenters. The molecule has 0 N–H and O–H groups in total. The summed E-state index contributed by atoms with van der Waals surface area (Å²) in [7, 11) is -3.86. The van der Waals surface area contributed by atoms with Gasteiger partial charge >= 0.3 is 6.36 Å². The number of hydrogen-bond donors (Lipinski definition) is 0. The first-order valence-electron chi connectivity index (χ1n) is 6.36. The molecule has 0 spiro atoms. The summed E-state index contributed by atoms with van der Waals surface area (Å²) in [5.41, 5.74) is 0.917. The zero-order chi connectivity index (χ0) is 15.7. The maximum atomic E-state index is 11.9. The molecular formula is C13H15F3O4S. The fourth-order valence-electron chi connectivity index (χ4n) is 2.05. The van der Waals surface area contributed by atoms with Crippen molar-refractivity contribution < 1.29 is 30.5 Å². The van der Waals surface area contributed by atoms with Gasteiger partial charge in [0.1, 0.15) is 0 Å². The molecule has 1 aliphatic rings. The zero-order valence-electron chi connectivity index (χ0n) is 11.3. The number of halogens is 3. The maximum Gasteiger partial charge on any atom is 0.522 e. The normalized spacial score (nSPS) is 22.9. The second-order valence-corrected chi connectivity index (χ2v) is 6.69. The maximum absolute atomic E-state index is 11.9. The molecule has 2 rings (SSSR count). The summed E-state index contributed by atoms with van der Waals surface area (Å²) in [6.45, 7) is 1.69. The number of alkyl halides is 3. The largest absolute Gasteiger partial charge is 0.522 e. The molecule has 1 saturated carbocycles. The molecule has 0 atom stereocenters. The van der Waals surface area contributed by atoms with Crippen LogP contribution in [0.5, 0.6) is 0 Å². The van der Waals surface area contributed by atoms with E-state index in [2.05, 4.69) is 4.74 Å². The first kappa shape index (κ1) is 16.3. The minimum atomic E-state index is -4.65. The lowest BCUT2D eigenvalue weighted by atomic mass is 9.83. The highest BCUT2D eigenvalue weighted by molar-refractivity contribution is 7.86. The fourth-order valence-corrected chi connectivity index (χ4v) is 3.03. The van der Waals surface area contributed by atoms with E-state index in [0.29, 0.717) is 0 Å². The minimum absolute atomic E-state index is 0.0375. The Balaban J connectivity index is 1.80. The molecule has 21 heavy (non-hydrogen) atoms. The van der Waals surface area contributed by atoms with Crippen molar-refractivity contribution in [3.63, 3.8) is 0 Å². The van der Waals surface area contributed by atoms with Gasteiger partial charge in [0.25, 0.3) is 10.1 Å². The van der Waals surface area contributed by atoms with E-state index >= 15 is 0 Å². The Morgan fingerprint density at radius 2 is 1.76 bits per heavy atom. The molecule has 0 saturated heterocycles. The lowest BCUT2D eigenvalue weighted by Crippen LogP contribution is -2.38. The van der Waals surface area contributed by atoms with Crippen LogP contribution in [0, 0.1) is 12.8 Å². The van der Waals surface area contributed by atoms with Crippen molar-refractivity contribution in [3.05, 3.63) is 29.8 Å². The Bertz CT molecular complexity index is 574. The van der Waals surface area contributed by atoms with E-state index in [1.54, 1.807) is 12.1 Å². The molecule has 1 fully saturated rings. The second-order valence-electron chi connectivity index (χ2n) is 5.07. The van der Waals surface area contributed by atoms with Crippen molar-refractivity contribution in [2.24, 2.45) is 5.92 Å². The van der Waals surface area contributed by atoms with Crippen LogP contribution >= 0.6 is 0 Å². The third-order valence-electron chi connectivity index (χ3n) is 3.26. The van der Waals surface area contributed by atoms with Gasteiger partial charge in [-0.3, -0.25) is 8.92 Å². The van der Waals surface area contributed by atoms with Gasteiger partial charge in [0, 0.05) is 0 Å². The van der Waals surface area contributed by atoms with Crippen molar-refractivity contribution in [2.75, 3.05) is 6.61 Å².